The van der Waals surface area contributed by atoms with E-state index in [-0.39, 0.29) is 24.4 Å². The normalized spacial score (nSPS) is 10.4. The van der Waals surface area contributed by atoms with E-state index in [1.54, 1.807) is 0 Å². The minimum atomic E-state index is -0.819. The number of halogens is 2. The predicted octanol–water partition coefficient (Wildman–Crippen LogP) is 2.96. The monoisotopic (exact) mass is 228 g/mol. The summed E-state index contributed by atoms with van der Waals surface area (Å²) in [6.45, 7) is 2.81. The molecular formula is C12H14F2O2. The molecular weight excluding hydrogens is 214 g/mol. The highest BCUT2D eigenvalue weighted by molar-refractivity contribution is 5.96. The Morgan fingerprint density at radius 3 is 2.69 bits per heavy atom. The lowest BCUT2D eigenvalue weighted by atomic mass is 10.1. The summed E-state index contributed by atoms with van der Waals surface area (Å²) in [4.78, 5) is 11.5. The number of carbonyl (C=O) groups excluding carboxylic acids is 1. The molecule has 88 valence electrons. The molecule has 0 fully saturated rings. The number of benzene rings is 1. The molecule has 0 aliphatic heterocycles. The molecule has 2 nitrogen and oxygen atoms in total. The van der Waals surface area contributed by atoms with Crippen LogP contribution in [0.3, 0.4) is 0 Å². The Bertz CT molecular complexity index is 364. The SMILES string of the molecule is CCCOCCC(=O)c1ccc(F)cc1F. The van der Waals surface area contributed by atoms with Gasteiger partial charge < -0.3 is 4.74 Å². The van der Waals surface area contributed by atoms with Crippen molar-refractivity contribution in [3.05, 3.63) is 35.4 Å². The zero-order chi connectivity index (χ0) is 12.0. The Hall–Kier alpha value is -1.29. The molecule has 0 saturated heterocycles. The molecule has 4 heteroatoms. The molecule has 0 N–H and O–H groups in total. The van der Waals surface area contributed by atoms with Crippen LogP contribution in [-0.4, -0.2) is 19.0 Å². The van der Waals surface area contributed by atoms with E-state index in [0.717, 1.165) is 18.6 Å². The van der Waals surface area contributed by atoms with Crippen LogP contribution in [-0.2, 0) is 4.74 Å². The van der Waals surface area contributed by atoms with Gasteiger partial charge in [0.1, 0.15) is 11.6 Å². The molecule has 0 heterocycles. The van der Waals surface area contributed by atoms with E-state index in [4.69, 9.17) is 4.74 Å². The van der Waals surface area contributed by atoms with E-state index in [1.165, 1.54) is 0 Å². The molecule has 0 aliphatic carbocycles. The van der Waals surface area contributed by atoms with Crippen LogP contribution < -0.4 is 0 Å². The molecule has 0 unspecified atom stereocenters. The van der Waals surface area contributed by atoms with Crippen molar-refractivity contribution in [3.63, 3.8) is 0 Å². The Labute approximate surface area is 93.2 Å². The number of hydrogen-bond donors (Lipinski definition) is 0. The summed E-state index contributed by atoms with van der Waals surface area (Å²) in [5.74, 6) is -1.87. The summed E-state index contributed by atoms with van der Waals surface area (Å²) in [5.41, 5.74) is -0.0819. The van der Waals surface area contributed by atoms with Crippen molar-refractivity contribution < 1.29 is 18.3 Å². The first-order valence-electron chi connectivity index (χ1n) is 5.21. The van der Waals surface area contributed by atoms with Crippen molar-refractivity contribution in [2.24, 2.45) is 0 Å². The van der Waals surface area contributed by atoms with E-state index >= 15 is 0 Å². The second-order valence-electron chi connectivity index (χ2n) is 3.41. The third-order valence-electron chi connectivity index (χ3n) is 2.05. The standard InChI is InChI=1S/C12H14F2O2/c1-2-6-16-7-5-12(15)10-4-3-9(13)8-11(10)14/h3-4,8H,2,5-7H2,1H3. The zero-order valence-electron chi connectivity index (χ0n) is 9.13. The lowest BCUT2D eigenvalue weighted by molar-refractivity contribution is 0.0875. The second-order valence-corrected chi connectivity index (χ2v) is 3.41. The van der Waals surface area contributed by atoms with Gasteiger partial charge in [0.2, 0.25) is 0 Å². The van der Waals surface area contributed by atoms with E-state index in [9.17, 15) is 13.6 Å². The molecule has 0 saturated carbocycles. The average molecular weight is 228 g/mol. The van der Waals surface area contributed by atoms with Crippen LogP contribution in [0, 0.1) is 11.6 Å². The van der Waals surface area contributed by atoms with Gasteiger partial charge in [0.25, 0.3) is 0 Å². The predicted molar refractivity (Wildman–Crippen MR) is 56.4 cm³/mol. The molecule has 0 radical (unpaired) electrons. The molecule has 1 aromatic rings. The number of hydrogen-bond acceptors (Lipinski definition) is 2. The summed E-state index contributed by atoms with van der Waals surface area (Å²) >= 11 is 0. The maximum Gasteiger partial charge on any atom is 0.168 e. The highest BCUT2D eigenvalue weighted by Gasteiger charge is 2.11. The smallest absolute Gasteiger partial charge is 0.168 e. The molecule has 16 heavy (non-hydrogen) atoms. The molecule has 0 atom stereocenters. The second kappa shape index (κ2) is 6.33. The highest BCUT2D eigenvalue weighted by atomic mass is 19.1. The first-order chi connectivity index (χ1) is 7.65. The van der Waals surface area contributed by atoms with Crippen molar-refractivity contribution in [3.8, 4) is 0 Å². The van der Waals surface area contributed by atoms with Crippen molar-refractivity contribution in [2.45, 2.75) is 19.8 Å². The number of ether oxygens (including phenoxy) is 1. The van der Waals surface area contributed by atoms with E-state index in [2.05, 4.69) is 0 Å². The van der Waals surface area contributed by atoms with Gasteiger partial charge in [-0.1, -0.05) is 6.92 Å². The first-order valence-corrected chi connectivity index (χ1v) is 5.21. The number of carbonyl (C=O) groups is 1. The van der Waals surface area contributed by atoms with Crippen molar-refractivity contribution >= 4 is 5.78 Å². The van der Waals surface area contributed by atoms with E-state index in [1.807, 2.05) is 6.92 Å². The van der Waals surface area contributed by atoms with Gasteiger partial charge in [0.15, 0.2) is 5.78 Å². The van der Waals surface area contributed by atoms with Crippen LogP contribution in [0.15, 0.2) is 18.2 Å². The summed E-state index contributed by atoms with van der Waals surface area (Å²) in [6, 6.07) is 2.94. The molecule has 0 amide bonds. The molecule has 0 aromatic heterocycles. The quantitative estimate of drug-likeness (QED) is 0.552. The average Bonchev–Trinajstić information content (AvgIpc) is 2.24. The largest absolute Gasteiger partial charge is 0.381 e. The Kier molecular flexibility index (Phi) is 5.05. The van der Waals surface area contributed by atoms with E-state index in [0.29, 0.717) is 12.7 Å². The minimum absolute atomic E-state index is 0.0819. The summed E-state index contributed by atoms with van der Waals surface area (Å²) in [6.07, 6.45) is 0.988. The lowest BCUT2D eigenvalue weighted by Crippen LogP contribution is -2.07. The summed E-state index contributed by atoms with van der Waals surface area (Å²) in [7, 11) is 0. The molecule has 0 spiro atoms. The lowest BCUT2D eigenvalue weighted by Gasteiger charge is -2.03. The first kappa shape index (κ1) is 12.8. The van der Waals surface area contributed by atoms with Gasteiger partial charge in [-0.15, -0.1) is 0 Å². The fraction of sp³-hybridized carbons (Fsp3) is 0.417. The Morgan fingerprint density at radius 2 is 2.06 bits per heavy atom. The maximum atomic E-state index is 13.2. The van der Waals surface area contributed by atoms with Gasteiger partial charge in [-0.25, -0.2) is 8.78 Å². The van der Waals surface area contributed by atoms with Gasteiger partial charge in [-0.3, -0.25) is 4.79 Å². The van der Waals surface area contributed by atoms with Gasteiger partial charge >= 0.3 is 0 Å². The van der Waals surface area contributed by atoms with Crippen molar-refractivity contribution in [2.75, 3.05) is 13.2 Å². The maximum absolute atomic E-state index is 13.2. The fourth-order valence-corrected chi connectivity index (χ4v) is 1.26. The van der Waals surface area contributed by atoms with Crippen LogP contribution in [0.25, 0.3) is 0 Å². The van der Waals surface area contributed by atoms with E-state index < -0.39 is 11.6 Å². The van der Waals surface area contributed by atoms with Crippen LogP contribution in [0.4, 0.5) is 8.78 Å². The Morgan fingerprint density at radius 1 is 1.31 bits per heavy atom. The number of Topliss-reactive ketones (excluding diaryl/α,β-unsaturated/α-hetero) is 1. The number of rotatable bonds is 6. The third kappa shape index (κ3) is 3.70. The van der Waals surface area contributed by atoms with Crippen LogP contribution in [0.2, 0.25) is 0 Å². The molecule has 1 aromatic carbocycles. The molecule has 0 bridgehead atoms. The van der Waals surface area contributed by atoms with Crippen molar-refractivity contribution in [1.29, 1.82) is 0 Å². The van der Waals surface area contributed by atoms with Crippen LogP contribution in [0.1, 0.15) is 30.1 Å². The van der Waals surface area contributed by atoms with Gasteiger partial charge in [0.05, 0.1) is 12.2 Å². The van der Waals surface area contributed by atoms with Crippen LogP contribution >= 0.6 is 0 Å². The number of ketones is 1. The fourth-order valence-electron chi connectivity index (χ4n) is 1.26. The highest BCUT2D eigenvalue weighted by Crippen LogP contribution is 2.11. The zero-order valence-corrected chi connectivity index (χ0v) is 9.13. The molecule has 1 rings (SSSR count). The van der Waals surface area contributed by atoms with Gasteiger partial charge in [-0.2, -0.15) is 0 Å². The third-order valence-corrected chi connectivity index (χ3v) is 2.05. The van der Waals surface area contributed by atoms with Crippen LogP contribution in [0.5, 0.6) is 0 Å². The van der Waals surface area contributed by atoms with Gasteiger partial charge in [-0.05, 0) is 18.6 Å². The minimum Gasteiger partial charge on any atom is -0.381 e. The van der Waals surface area contributed by atoms with Crippen molar-refractivity contribution in [1.82, 2.24) is 0 Å². The summed E-state index contributed by atoms with van der Waals surface area (Å²) in [5, 5.41) is 0. The summed E-state index contributed by atoms with van der Waals surface area (Å²) < 4.78 is 30.9. The molecule has 0 aliphatic rings. The van der Waals surface area contributed by atoms with Gasteiger partial charge in [0, 0.05) is 19.1 Å². The topological polar surface area (TPSA) is 26.3 Å². The Balaban J connectivity index is 2.53.